The van der Waals surface area contributed by atoms with Crippen LogP contribution in [0, 0.1) is 0 Å². The first-order chi connectivity index (χ1) is 12.3. The fourth-order valence-corrected chi connectivity index (χ4v) is 4.51. The minimum absolute atomic E-state index is 0.102. The van der Waals surface area contributed by atoms with Gasteiger partial charge in [0.15, 0.2) is 5.13 Å². The Labute approximate surface area is 155 Å². The van der Waals surface area contributed by atoms with Gasteiger partial charge in [0.05, 0.1) is 10.6 Å². The number of aromatic nitrogens is 1. The molecule has 3 heterocycles. The number of nitrogens with one attached hydrogen (secondary N) is 1. The Morgan fingerprint density at radius 2 is 2.04 bits per heavy atom. The molecule has 0 spiro atoms. The Bertz CT molecular complexity index is 851. The van der Waals surface area contributed by atoms with Gasteiger partial charge in [-0.05, 0) is 55.1 Å². The summed E-state index contributed by atoms with van der Waals surface area (Å²) in [6.45, 7) is 3.23. The molecule has 25 heavy (non-hydrogen) atoms. The molecule has 1 saturated heterocycles. The van der Waals surface area contributed by atoms with Gasteiger partial charge in [-0.15, -0.1) is 22.7 Å². The Kier molecular flexibility index (Phi) is 4.92. The summed E-state index contributed by atoms with van der Waals surface area (Å²) in [7, 11) is 0. The SMILES string of the molecule is O=C(Nc1nc(-c2cccs2)cs1)c1cccc(CN2CCCC2)c1. The maximum atomic E-state index is 12.5. The summed E-state index contributed by atoms with van der Waals surface area (Å²) in [5.74, 6) is -0.102. The molecular formula is C19H19N3OS2. The Hall–Kier alpha value is -2.02. The Morgan fingerprint density at radius 1 is 1.16 bits per heavy atom. The molecule has 1 fully saturated rings. The molecule has 1 aliphatic rings. The molecule has 1 aliphatic heterocycles. The summed E-state index contributed by atoms with van der Waals surface area (Å²) >= 11 is 3.10. The molecule has 0 saturated carbocycles. The lowest BCUT2D eigenvalue weighted by atomic mass is 10.1. The number of thiazole rings is 1. The van der Waals surface area contributed by atoms with Crippen molar-refractivity contribution in [3.05, 3.63) is 58.3 Å². The van der Waals surface area contributed by atoms with Gasteiger partial charge in [-0.2, -0.15) is 0 Å². The van der Waals surface area contributed by atoms with Crippen LogP contribution in [0.1, 0.15) is 28.8 Å². The van der Waals surface area contributed by atoms with E-state index in [9.17, 15) is 4.79 Å². The molecule has 1 N–H and O–H groups in total. The lowest BCUT2D eigenvalue weighted by Crippen LogP contribution is -2.19. The molecule has 3 aromatic rings. The van der Waals surface area contributed by atoms with E-state index in [-0.39, 0.29) is 5.91 Å². The van der Waals surface area contributed by atoms with Gasteiger partial charge in [-0.1, -0.05) is 18.2 Å². The highest BCUT2D eigenvalue weighted by atomic mass is 32.1. The van der Waals surface area contributed by atoms with Crippen molar-refractivity contribution in [2.75, 3.05) is 18.4 Å². The monoisotopic (exact) mass is 369 g/mol. The topological polar surface area (TPSA) is 45.2 Å². The predicted molar refractivity (Wildman–Crippen MR) is 104 cm³/mol. The van der Waals surface area contributed by atoms with Gasteiger partial charge in [-0.25, -0.2) is 4.98 Å². The van der Waals surface area contributed by atoms with Crippen LogP contribution in [0.25, 0.3) is 10.6 Å². The van der Waals surface area contributed by atoms with Crippen molar-refractivity contribution in [1.29, 1.82) is 0 Å². The predicted octanol–water partition coefficient (Wildman–Crippen LogP) is 4.72. The molecule has 6 heteroatoms. The molecule has 128 valence electrons. The molecule has 0 atom stereocenters. The fourth-order valence-electron chi connectivity index (χ4n) is 3.05. The first kappa shape index (κ1) is 16.4. The van der Waals surface area contributed by atoms with Gasteiger partial charge in [-0.3, -0.25) is 15.0 Å². The van der Waals surface area contributed by atoms with Crippen molar-refractivity contribution in [2.45, 2.75) is 19.4 Å². The van der Waals surface area contributed by atoms with Crippen LogP contribution in [0.2, 0.25) is 0 Å². The van der Waals surface area contributed by atoms with Crippen LogP contribution in [0.5, 0.6) is 0 Å². The largest absolute Gasteiger partial charge is 0.299 e. The summed E-state index contributed by atoms with van der Waals surface area (Å²) in [6.07, 6.45) is 2.55. The maximum absolute atomic E-state index is 12.5. The number of likely N-dealkylation sites (tertiary alicyclic amines) is 1. The molecule has 0 aliphatic carbocycles. The number of rotatable bonds is 5. The summed E-state index contributed by atoms with van der Waals surface area (Å²) in [4.78, 5) is 20.6. The number of nitrogens with zero attached hydrogens (tertiary/aromatic N) is 2. The summed E-state index contributed by atoms with van der Waals surface area (Å²) in [6, 6.07) is 11.9. The van der Waals surface area contributed by atoms with E-state index in [2.05, 4.69) is 21.3 Å². The zero-order valence-electron chi connectivity index (χ0n) is 13.8. The van der Waals surface area contributed by atoms with E-state index in [4.69, 9.17) is 0 Å². The van der Waals surface area contributed by atoms with Gasteiger partial charge >= 0.3 is 0 Å². The van der Waals surface area contributed by atoms with E-state index in [0.717, 1.165) is 30.2 Å². The highest BCUT2D eigenvalue weighted by Gasteiger charge is 2.14. The van der Waals surface area contributed by atoms with Crippen LogP contribution in [0.15, 0.2) is 47.2 Å². The van der Waals surface area contributed by atoms with Gasteiger partial charge in [0.25, 0.3) is 5.91 Å². The zero-order valence-corrected chi connectivity index (χ0v) is 15.4. The van der Waals surface area contributed by atoms with E-state index in [1.54, 1.807) is 11.3 Å². The Morgan fingerprint density at radius 3 is 2.84 bits per heavy atom. The third-order valence-electron chi connectivity index (χ3n) is 4.29. The molecule has 1 amide bonds. The molecule has 0 radical (unpaired) electrons. The molecule has 0 bridgehead atoms. The van der Waals surface area contributed by atoms with Crippen molar-refractivity contribution in [3.63, 3.8) is 0 Å². The van der Waals surface area contributed by atoms with Gasteiger partial charge < -0.3 is 0 Å². The van der Waals surface area contributed by atoms with Crippen LogP contribution < -0.4 is 5.32 Å². The van der Waals surface area contributed by atoms with Gasteiger partial charge in [0.1, 0.15) is 0 Å². The number of benzene rings is 1. The first-order valence-electron chi connectivity index (χ1n) is 8.40. The van der Waals surface area contributed by atoms with Crippen LogP contribution >= 0.6 is 22.7 Å². The minimum atomic E-state index is -0.102. The number of hydrogen-bond donors (Lipinski definition) is 1. The minimum Gasteiger partial charge on any atom is -0.299 e. The normalized spacial score (nSPS) is 14.7. The van der Waals surface area contributed by atoms with Crippen molar-refractivity contribution < 1.29 is 4.79 Å². The number of hydrogen-bond acceptors (Lipinski definition) is 5. The quantitative estimate of drug-likeness (QED) is 0.708. The molecular weight excluding hydrogens is 350 g/mol. The molecule has 4 nitrogen and oxygen atoms in total. The highest BCUT2D eigenvalue weighted by molar-refractivity contribution is 7.16. The van der Waals surface area contributed by atoms with E-state index in [1.807, 2.05) is 41.1 Å². The summed E-state index contributed by atoms with van der Waals surface area (Å²) in [5, 5.41) is 7.56. The zero-order chi connectivity index (χ0) is 17.1. The molecule has 4 rings (SSSR count). The molecule has 0 unspecified atom stereocenters. The summed E-state index contributed by atoms with van der Waals surface area (Å²) < 4.78 is 0. The average molecular weight is 370 g/mol. The second kappa shape index (κ2) is 7.47. The van der Waals surface area contributed by atoms with E-state index in [1.165, 1.54) is 29.7 Å². The number of thiophene rings is 1. The first-order valence-corrected chi connectivity index (χ1v) is 10.2. The van der Waals surface area contributed by atoms with E-state index in [0.29, 0.717) is 10.7 Å². The summed E-state index contributed by atoms with van der Waals surface area (Å²) in [5.41, 5.74) is 2.79. The standard InChI is InChI=1S/C19H19N3OS2/c23-18(21-19-20-16(13-25-19)17-7-4-10-24-17)15-6-3-5-14(11-15)12-22-8-1-2-9-22/h3-7,10-11,13H,1-2,8-9,12H2,(H,20,21,23). The smallest absolute Gasteiger partial charge is 0.257 e. The number of carbonyl (C=O) groups excluding carboxylic acids is 1. The second-order valence-electron chi connectivity index (χ2n) is 6.15. The van der Waals surface area contributed by atoms with Crippen molar-refractivity contribution >= 4 is 33.7 Å². The fraction of sp³-hybridized carbons (Fsp3) is 0.263. The third-order valence-corrected chi connectivity index (χ3v) is 5.94. The highest BCUT2D eigenvalue weighted by Crippen LogP contribution is 2.28. The maximum Gasteiger partial charge on any atom is 0.257 e. The molecule has 2 aromatic heterocycles. The van der Waals surface area contributed by atoms with Gasteiger partial charge in [0.2, 0.25) is 0 Å². The van der Waals surface area contributed by atoms with Crippen LogP contribution in [-0.2, 0) is 6.54 Å². The molecule has 1 aromatic carbocycles. The number of anilines is 1. The van der Waals surface area contributed by atoms with E-state index < -0.39 is 0 Å². The van der Waals surface area contributed by atoms with Crippen LogP contribution in [-0.4, -0.2) is 28.9 Å². The Balaban J connectivity index is 1.44. The van der Waals surface area contributed by atoms with Crippen molar-refractivity contribution in [3.8, 4) is 10.6 Å². The number of carbonyl (C=O) groups is 1. The van der Waals surface area contributed by atoms with E-state index >= 15 is 0 Å². The van der Waals surface area contributed by atoms with Crippen LogP contribution in [0.3, 0.4) is 0 Å². The van der Waals surface area contributed by atoms with Crippen molar-refractivity contribution in [1.82, 2.24) is 9.88 Å². The lowest BCUT2D eigenvalue weighted by Gasteiger charge is -2.14. The van der Waals surface area contributed by atoms with Crippen molar-refractivity contribution in [2.24, 2.45) is 0 Å². The average Bonchev–Trinajstić information content (AvgIpc) is 3.37. The van der Waals surface area contributed by atoms with Gasteiger partial charge in [0, 0.05) is 17.5 Å². The number of amides is 1. The van der Waals surface area contributed by atoms with Crippen LogP contribution in [0.4, 0.5) is 5.13 Å². The third kappa shape index (κ3) is 3.98. The second-order valence-corrected chi connectivity index (χ2v) is 7.96. The lowest BCUT2D eigenvalue weighted by molar-refractivity contribution is 0.102.